The molecule has 0 saturated carbocycles. The monoisotopic (exact) mass is 394 g/mol. The minimum Gasteiger partial charge on any atom is -0.324 e. The maximum Gasteiger partial charge on any atom is 0.248 e. The summed E-state index contributed by atoms with van der Waals surface area (Å²) in [5.41, 5.74) is 2.85. The van der Waals surface area contributed by atoms with Gasteiger partial charge in [-0.1, -0.05) is 42.8 Å². The van der Waals surface area contributed by atoms with Gasteiger partial charge in [0.05, 0.1) is 11.9 Å². The zero-order chi connectivity index (χ0) is 19.5. The van der Waals surface area contributed by atoms with Crippen LogP contribution in [0.25, 0.3) is 0 Å². The number of carbonyl (C=O) groups excluding carboxylic acids is 1. The average molecular weight is 395 g/mol. The summed E-state index contributed by atoms with van der Waals surface area (Å²) in [6, 6.07) is 11.4. The van der Waals surface area contributed by atoms with Crippen molar-refractivity contribution < 1.29 is 13.2 Å². The number of anilines is 2. The number of rotatable bonds is 6. The van der Waals surface area contributed by atoms with Crippen molar-refractivity contribution in [2.24, 2.45) is 0 Å². The van der Waals surface area contributed by atoms with Gasteiger partial charge in [0, 0.05) is 10.7 Å². The van der Waals surface area contributed by atoms with Crippen molar-refractivity contribution in [1.82, 2.24) is 0 Å². The Hall–Kier alpha value is -2.05. The van der Waals surface area contributed by atoms with Gasteiger partial charge in [0.25, 0.3) is 0 Å². The van der Waals surface area contributed by atoms with E-state index in [1.165, 1.54) is 0 Å². The van der Waals surface area contributed by atoms with E-state index in [0.717, 1.165) is 28.1 Å². The Morgan fingerprint density at radius 1 is 1.23 bits per heavy atom. The van der Waals surface area contributed by atoms with E-state index < -0.39 is 22.0 Å². The summed E-state index contributed by atoms with van der Waals surface area (Å²) in [4.78, 5) is 12.7. The summed E-state index contributed by atoms with van der Waals surface area (Å²) in [5, 5.41) is 3.28. The molecule has 0 unspecified atom stereocenters. The largest absolute Gasteiger partial charge is 0.324 e. The first kappa shape index (κ1) is 20.3. The Morgan fingerprint density at radius 2 is 1.88 bits per heavy atom. The minimum absolute atomic E-state index is 0.356. The molecule has 2 aromatic carbocycles. The van der Waals surface area contributed by atoms with Crippen LogP contribution in [0, 0.1) is 6.92 Å². The fourth-order valence-electron chi connectivity index (χ4n) is 2.72. The Bertz CT molecular complexity index is 913. The molecule has 0 fully saturated rings. The smallest absolute Gasteiger partial charge is 0.248 e. The molecule has 26 heavy (non-hydrogen) atoms. The number of nitrogens with one attached hydrogen (secondary N) is 1. The van der Waals surface area contributed by atoms with Gasteiger partial charge in [-0.3, -0.25) is 9.10 Å². The van der Waals surface area contributed by atoms with Gasteiger partial charge in [0.15, 0.2) is 0 Å². The number of amides is 1. The molecule has 1 amide bonds. The molecule has 0 radical (unpaired) electrons. The van der Waals surface area contributed by atoms with Crippen LogP contribution in [0.2, 0.25) is 5.02 Å². The highest BCUT2D eigenvalue weighted by atomic mass is 35.5. The van der Waals surface area contributed by atoms with Crippen molar-refractivity contribution in [3.8, 4) is 0 Å². The van der Waals surface area contributed by atoms with Crippen LogP contribution >= 0.6 is 11.6 Å². The maximum atomic E-state index is 12.7. The predicted octanol–water partition coefficient (Wildman–Crippen LogP) is 4.00. The molecule has 0 bridgehead atoms. The topological polar surface area (TPSA) is 66.5 Å². The van der Waals surface area contributed by atoms with E-state index in [2.05, 4.69) is 5.32 Å². The molecule has 7 heteroatoms. The highest BCUT2D eigenvalue weighted by Gasteiger charge is 2.29. The molecule has 140 valence electrons. The van der Waals surface area contributed by atoms with Crippen LogP contribution in [0.4, 0.5) is 11.4 Å². The maximum absolute atomic E-state index is 12.7. The van der Waals surface area contributed by atoms with Gasteiger partial charge in [-0.05, 0) is 49.6 Å². The van der Waals surface area contributed by atoms with Gasteiger partial charge in [0.2, 0.25) is 15.9 Å². The summed E-state index contributed by atoms with van der Waals surface area (Å²) in [5.74, 6) is -0.409. The molecule has 0 aliphatic rings. The van der Waals surface area contributed by atoms with Crippen LogP contribution in [0.5, 0.6) is 0 Å². The van der Waals surface area contributed by atoms with Gasteiger partial charge in [-0.2, -0.15) is 0 Å². The van der Waals surface area contributed by atoms with E-state index in [-0.39, 0.29) is 0 Å². The Labute approximate surface area is 160 Å². The number of carbonyl (C=O) groups is 1. The number of halogens is 1. The van der Waals surface area contributed by atoms with E-state index in [9.17, 15) is 13.2 Å². The Kier molecular flexibility index (Phi) is 6.31. The van der Waals surface area contributed by atoms with Crippen molar-refractivity contribution in [3.05, 3.63) is 58.6 Å². The number of nitrogens with zero attached hydrogens (tertiary/aromatic N) is 1. The van der Waals surface area contributed by atoms with E-state index in [1.807, 2.05) is 32.0 Å². The molecule has 1 N–H and O–H groups in total. The number of benzene rings is 2. The SMILES string of the molecule is CCc1ccccc1NC(=O)[C@@H](C)N(c1ccc(C)c(Cl)c1)S(C)(=O)=O. The fourth-order valence-corrected chi connectivity index (χ4v) is 4.06. The quantitative estimate of drug-likeness (QED) is 0.805. The molecule has 2 rings (SSSR count). The molecule has 0 spiro atoms. The van der Waals surface area contributed by atoms with Gasteiger partial charge in [0.1, 0.15) is 6.04 Å². The first-order valence-electron chi connectivity index (χ1n) is 8.29. The number of hydrogen-bond donors (Lipinski definition) is 1. The van der Waals surface area contributed by atoms with Crippen LogP contribution in [0.15, 0.2) is 42.5 Å². The first-order valence-corrected chi connectivity index (χ1v) is 10.5. The van der Waals surface area contributed by atoms with Crippen molar-refractivity contribution in [1.29, 1.82) is 0 Å². The van der Waals surface area contributed by atoms with E-state index >= 15 is 0 Å². The Morgan fingerprint density at radius 3 is 2.46 bits per heavy atom. The number of sulfonamides is 1. The minimum atomic E-state index is -3.69. The van der Waals surface area contributed by atoms with E-state index in [0.29, 0.717) is 16.4 Å². The molecule has 1 atom stereocenters. The normalized spacial score (nSPS) is 12.5. The van der Waals surface area contributed by atoms with Crippen molar-refractivity contribution in [2.45, 2.75) is 33.2 Å². The number of aryl methyl sites for hydroxylation is 2. The fraction of sp³-hybridized carbons (Fsp3) is 0.316. The summed E-state index contributed by atoms with van der Waals surface area (Å²) < 4.78 is 25.8. The van der Waals surface area contributed by atoms with Crippen LogP contribution in [0.1, 0.15) is 25.0 Å². The zero-order valence-corrected chi connectivity index (χ0v) is 16.9. The number of para-hydroxylation sites is 1. The lowest BCUT2D eigenvalue weighted by Crippen LogP contribution is -2.45. The van der Waals surface area contributed by atoms with Crippen LogP contribution in [-0.4, -0.2) is 26.6 Å². The summed E-state index contributed by atoms with van der Waals surface area (Å²) >= 11 is 6.14. The second-order valence-electron chi connectivity index (χ2n) is 6.17. The summed E-state index contributed by atoms with van der Waals surface area (Å²) in [7, 11) is -3.69. The lowest BCUT2D eigenvalue weighted by atomic mass is 10.1. The third-order valence-corrected chi connectivity index (χ3v) is 5.80. The molecule has 0 aromatic heterocycles. The summed E-state index contributed by atoms with van der Waals surface area (Å²) in [6.45, 7) is 5.37. The Balaban J connectivity index is 2.36. The van der Waals surface area contributed by atoms with Gasteiger partial charge < -0.3 is 5.32 Å². The highest BCUT2D eigenvalue weighted by molar-refractivity contribution is 7.92. The van der Waals surface area contributed by atoms with Gasteiger partial charge >= 0.3 is 0 Å². The van der Waals surface area contributed by atoms with Crippen LogP contribution in [-0.2, 0) is 21.2 Å². The van der Waals surface area contributed by atoms with Crippen molar-refractivity contribution in [2.75, 3.05) is 15.9 Å². The number of hydrogen-bond acceptors (Lipinski definition) is 3. The molecular weight excluding hydrogens is 372 g/mol. The first-order chi connectivity index (χ1) is 12.1. The predicted molar refractivity (Wildman–Crippen MR) is 107 cm³/mol. The molecular formula is C19H23ClN2O3S. The molecule has 0 saturated heterocycles. The second kappa shape index (κ2) is 8.10. The van der Waals surface area contributed by atoms with E-state index in [4.69, 9.17) is 11.6 Å². The lowest BCUT2D eigenvalue weighted by Gasteiger charge is -2.28. The molecule has 0 aliphatic heterocycles. The standard InChI is InChI=1S/C19H23ClN2O3S/c1-5-15-8-6-7-9-18(15)21-19(23)14(3)22(26(4,24)25)16-11-10-13(2)17(20)12-16/h6-12,14H,5H2,1-4H3,(H,21,23)/t14-/m1/s1. The van der Waals surface area contributed by atoms with Crippen molar-refractivity contribution in [3.63, 3.8) is 0 Å². The average Bonchev–Trinajstić information content (AvgIpc) is 2.57. The van der Waals surface area contributed by atoms with Crippen LogP contribution in [0.3, 0.4) is 0 Å². The van der Waals surface area contributed by atoms with E-state index in [1.54, 1.807) is 31.2 Å². The third-order valence-electron chi connectivity index (χ3n) is 4.15. The molecule has 5 nitrogen and oxygen atoms in total. The zero-order valence-electron chi connectivity index (χ0n) is 15.3. The van der Waals surface area contributed by atoms with Gasteiger partial charge in [-0.25, -0.2) is 8.42 Å². The highest BCUT2D eigenvalue weighted by Crippen LogP contribution is 2.27. The van der Waals surface area contributed by atoms with Gasteiger partial charge in [-0.15, -0.1) is 0 Å². The molecule has 0 heterocycles. The lowest BCUT2D eigenvalue weighted by molar-refractivity contribution is -0.116. The van der Waals surface area contributed by atoms with Crippen LogP contribution < -0.4 is 9.62 Å². The second-order valence-corrected chi connectivity index (χ2v) is 8.43. The third kappa shape index (κ3) is 4.56. The molecule has 0 aliphatic carbocycles. The van der Waals surface area contributed by atoms with Crippen molar-refractivity contribution >= 4 is 38.9 Å². The summed E-state index contributed by atoms with van der Waals surface area (Å²) in [6.07, 6.45) is 1.83. The molecule has 2 aromatic rings.